The summed E-state index contributed by atoms with van der Waals surface area (Å²) >= 11 is 5.91. The highest BCUT2D eigenvalue weighted by Gasteiger charge is 2.20. The number of halogens is 1. The minimum Gasteiger partial charge on any atom is -0.492 e. The van der Waals surface area contributed by atoms with E-state index in [1.54, 1.807) is 14.0 Å². The largest absolute Gasteiger partial charge is 0.492 e. The molecule has 0 radical (unpaired) electrons. The van der Waals surface area contributed by atoms with Crippen LogP contribution < -0.4 is 10.1 Å². The highest BCUT2D eigenvalue weighted by Crippen LogP contribution is 2.29. The fourth-order valence-electron chi connectivity index (χ4n) is 1.56. The molecule has 1 atom stereocenters. The molecule has 0 amide bonds. The second-order valence-corrected chi connectivity index (χ2v) is 4.92. The van der Waals surface area contributed by atoms with Gasteiger partial charge in [0.25, 0.3) is 5.69 Å². The van der Waals surface area contributed by atoms with Gasteiger partial charge in [0.2, 0.25) is 0 Å². The molecule has 0 saturated heterocycles. The van der Waals surface area contributed by atoms with Crippen molar-refractivity contribution in [2.24, 2.45) is 0 Å². The molecule has 0 spiro atoms. The van der Waals surface area contributed by atoms with Crippen molar-refractivity contribution >= 4 is 17.3 Å². The molecule has 0 aliphatic rings. The Labute approximate surface area is 122 Å². The maximum atomic E-state index is 10.7. The fraction of sp³-hybridized carbons (Fsp3) is 0.462. The normalized spacial score (nSPS) is 13.3. The molecule has 0 aromatic heterocycles. The molecule has 0 aliphatic carbocycles. The molecule has 1 unspecified atom stereocenters. The number of rotatable bonds is 7. The molecule has 0 aliphatic heterocycles. The van der Waals surface area contributed by atoms with Crippen molar-refractivity contribution in [3.8, 4) is 11.8 Å². The van der Waals surface area contributed by atoms with Crippen LogP contribution in [0.4, 0.5) is 5.69 Å². The fourth-order valence-corrected chi connectivity index (χ4v) is 1.73. The minimum atomic E-state index is -0.601. The highest BCUT2D eigenvalue weighted by atomic mass is 35.5. The zero-order valence-corrected chi connectivity index (χ0v) is 12.1. The topological polar surface area (TPSA) is 88.2 Å². The first kappa shape index (κ1) is 16.2. The van der Waals surface area contributed by atoms with Crippen molar-refractivity contribution in [3.05, 3.63) is 33.3 Å². The van der Waals surface area contributed by atoms with Crippen molar-refractivity contribution in [2.75, 3.05) is 13.7 Å². The van der Waals surface area contributed by atoms with Gasteiger partial charge in [-0.2, -0.15) is 5.26 Å². The second-order valence-electron chi connectivity index (χ2n) is 4.52. The number of nitrogens with zero attached hydrogens (tertiary/aromatic N) is 2. The Bertz CT molecular complexity index is 530. The predicted octanol–water partition coefficient (Wildman–Crippen LogP) is 2.91. The Morgan fingerprint density at radius 2 is 2.30 bits per heavy atom. The summed E-state index contributed by atoms with van der Waals surface area (Å²) in [6, 6.07) is 6.23. The number of hydrogen-bond donors (Lipinski definition) is 1. The van der Waals surface area contributed by atoms with E-state index in [1.165, 1.54) is 18.2 Å². The molecule has 1 aromatic rings. The van der Waals surface area contributed by atoms with Crippen molar-refractivity contribution in [1.82, 2.24) is 5.32 Å². The van der Waals surface area contributed by atoms with Crippen LogP contribution in [-0.4, -0.2) is 24.1 Å². The van der Waals surface area contributed by atoms with E-state index in [1.807, 2.05) is 0 Å². The number of hydrogen-bond acceptors (Lipinski definition) is 5. The molecule has 20 heavy (non-hydrogen) atoms. The monoisotopic (exact) mass is 297 g/mol. The number of nitro groups is 1. The van der Waals surface area contributed by atoms with Crippen LogP contribution in [0.3, 0.4) is 0 Å². The van der Waals surface area contributed by atoms with E-state index in [2.05, 4.69) is 11.4 Å². The van der Waals surface area contributed by atoms with Gasteiger partial charge in [-0.15, -0.1) is 0 Å². The number of nitriles is 1. The summed E-state index contributed by atoms with van der Waals surface area (Å²) in [5.41, 5.74) is -0.669. The Hall–Kier alpha value is -1.84. The number of nitro benzene ring substituents is 1. The number of ether oxygens (including phenoxy) is 1. The summed E-state index contributed by atoms with van der Waals surface area (Å²) in [5.74, 6) is 0.281. The summed E-state index contributed by atoms with van der Waals surface area (Å²) in [6.07, 6.45) is 1.23. The highest BCUT2D eigenvalue weighted by molar-refractivity contribution is 6.32. The second kappa shape index (κ2) is 7.08. The smallest absolute Gasteiger partial charge is 0.273 e. The molecule has 1 N–H and O–H groups in total. The summed E-state index contributed by atoms with van der Waals surface area (Å²) in [5, 5.41) is 22.9. The third-order valence-corrected chi connectivity index (χ3v) is 3.32. The number of non-ortho nitro benzene ring substituents is 1. The van der Waals surface area contributed by atoms with E-state index < -0.39 is 10.5 Å². The van der Waals surface area contributed by atoms with Gasteiger partial charge in [-0.3, -0.25) is 10.1 Å². The van der Waals surface area contributed by atoms with Crippen LogP contribution in [0.15, 0.2) is 18.2 Å². The van der Waals surface area contributed by atoms with Crippen molar-refractivity contribution in [1.29, 1.82) is 5.26 Å². The molecular weight excluding hydrogens is 282 g/mol. The summed E-state index contributed by atoms with van der Waals surface area (Å²) in [7, 11) is 1.72. The van der Waals surface area contributed by atoms with Crippen LogP contribution in [0.25, 0.3) is 0 Å². The van der Waals surface area contributed by atoms with E-state index >= 15 is 0 Å². The van der Waals surface area contributed by atoms with Gasteiger partial charge in [-0.05, 0) is 32.9 Å². The lowest BCUT2D eigenvalue weighted by atomic mass is 9.98. The maximum absolute atomic E-state index is 10.7. The molecule has 108 valence electrons. The van der Waals surface area contributed by atoms with Gasteiger partial charge in [0.1, 0.15) is 11.3 Å². The molecule has 7 heteroatoms. The lowest BCUT2D eigenvalue weighted by Gasteiger charge is -2.20. The Morgan fingerprint density at radius 1 is 1.60 bits per heavy atom. The molecule has 0 fully saturated rings. The molecule has 0 bridgehead atoms. The van der Waals surface area contributed by atoms with E-state index in [9.17, 15) is 10.1 Å². The molecule has 1 aromatic carbocycles. The molecule has 0 saturated carbocycles. The van der Waals surface area contributed by atoms with Crippen LogP contribution in [0.1, 0.15) is 19.8 Å². The maximum Gasteiger partial charge on any atom is 0.273 e. The average Bonchev–Trinajstić information content (AvgIpc) is 2.44. The summed E-state index contributed by atoms with van der Waals surface area (Å²) < 4.78 is 5.44. The van der Waals surface area contributed by atoms with Crippen molar-refractivity contribution < 1.29 is 9.66 Å². The Balaban J connectivity index is 2.56. The third-order valence-electron chi connectivity index (χ3n) is 3.00. The van der Waals surface area contributed by atoms with E-state index in [0.717, 1.165) is 0 Å². The lowest BCUT2D eigenvalue weighted by molar-refractivity contribution is -0.384. The number of nitrogens with one attached hydrogen (secondary N) is 1. The SMILES string of the molecule is CNC(C)(C#N)CCCOc1cc([N+](=O)[O-])ccc1Cl. The predicted molar refractivity (Wildman–Crippen MR) is 75.9 cm³/mol. The van der Waals surface area contributed by atoms with E-state index in [0.29, 0.717) is 24.5 Å². The first-order valence-corrected chi connectivity index (χ1v) is 6.46. The van der Waals surface area contributed by atoms with Gasteiger partial charge in [0.15, 0.2) is 0 Å². The van der Waals surface area contributed by atoms with Gasteiger partial charge in [-0.25, -0.2) is 0 Å². The molecule has 6 nitrogen and oxygen atoms in total. The van der Waals surface area contributed by atoms with Crippen molar-refractivity contribution in [2.45, 2.75) is 25.3 Å². The molecular formula is C13H16ClN3O3. The molecule has 0 heterocycles. The van der Waals surface area contributed by atoms with Gasteiger partial charge in [0, 0.05) is 6.07 Å². The number of benzene rings is 1. The van der Waals surface area contributed by atoms with Crippen LogP contribution in [0, 0.1) is 21.4 Å². The third kappa shape index (κ3) is 4.37. The first-order chi connectivity index (χ1) is 9.41. The van der Waals surface area contributed by atoms with Gasteiger partial charge in [-0.1, -0.05) is 11.6 Å². The van der Waals surface area contributed by atoms with Crippen LogP contribution in [-0.2, 0) is 0 Å². The summed E-state index contributed by atoms with van der Waals surface area (Å²) in [6.45, 7) is 2.13. The average molecular weight is 298 g/mol. The van der Waals surface area contributed by atoms with E-state index in [4.69, 9.17) is 21.6 Å². The minimum absolute atomic E-state index is 0.0681. The zero-order chi connectivity index (χ0) is 15.2. The van der Waals surface area contributed by atoms with Crippen LogP contribution in [0.5, 0.6) is 5.75 Å². The standard InChI is InChI=1S/C13H16ClN3O3/c1-13(9-15,16-2)6-3-7-20-12-8-10(17(18)19)4-5-11(12)14/h4-5,8,16H,3,6-7H2,1-2H3. The van der Waals surface area contributed by atoms with Crippen LogP contribution >= 0.6 is 11.6 Å². The van der Waals surface area contributed by atoms with Gasteiger partial charge < -0.3 is 10.1 Å². The first-order valence-electron chi connectivity index (χ1n) is 6.09. The van der Waals surface area contributed by atoms with Crippen molar-refractivity contribution in [3.63, 3.8) is 0 Å². The van der Waals surface area contributed by atoms with Gasteiger partial charge >= 0.3 is 0 Å². The Morgan fingerprint density at radius 3 is 2.85 bits per heavy atom. The summed E-state index contributed by atoms with van der Waals surface area (Å²) in [4.78, 5) is 10.2. The van der Waals surface area contributed by atoms with E-state index in [-0.39, 0.29) is 11.4 Å². The van der Waals surface area contributed by atoms with Gasteiger partial charge in [0.05, 0.1) is 28.7 Å². The molecule has 1 rings (SSSR count). The lowest BCUT2D eigenvalue weighted by Crippen LogP contribution is -2.38. The van der Waals surface area contributed by atoms with Crippen LogP contribution in [0.2, 0.25) is 5.02 Å². The quantitative estimate of drug-likeness (QED) is 0.475. The zero-order valence-electron chi connectivity index (χ0n) is 11.4. The Kier molecular flexibility index (Phi) is 5.74.